The predicted molar refractivity (Wildman–Crippen MR) is 99.4 cm³/mol. The molecular weight excluding hydrogens is 348 g/mol. The highest BCUT2D eigenvalue weighted by Gasteiger charge is 2.31. The first kappa shape index (κ1) is 17.1. The second-order valence-corrected chi connectivity index (χ2v) is 6.41. The zero-order valence-corrected chi connectivity index (χ0v) is 15.0. The first-order valence-electron chi connectivity index (χ1n) is 8.61. The third kappa shape index (κ3) is 3.38. The summed E-state index contributed by atoms with van der Waals surface area (Å²) in [5.41, 5.74) is 0.844. The van der Waals surface area contributed by atoms with Gasteiger partial charge in [0.15, 0.2) is 0 Å². The van der Waals surface area contributed by atoms with Crippen LogP contribution in [0.5, 0.6) is 17.2 Å². The fourth-order valence-corrected chi connectivity index (χ4v) is 2.88. The van der Waals surface area contributed by atoms with E-state index in [9.17, 15) is 9.59 Å². The maximum Gasteiger partial charge on any atom is 0.344 e. The predicted octanol–water partition coefficient (Wildman–Crippen LogP) is 3.79. The van der Waals surface area contributed by atoms with Gasteiger partial charge in [0.25, 0.3) is 0 Å². The minimum absolute atomic E-state index is 0.00221. The lowest BCUT2D eigenvalue weighted by molar-refractivity contribution is -0.135. The van der Waals surface area contributed by atoms with E-state index in [0.717, 1.165) is 12.8 Å². The van der Waals surface area contributed by atoms with Crippen LogP contribution in [-0.4, -0.2) is 20.2 Å². The number of esters is 1. The Labute approximate surface area is 155 Å². The summed E-state index contributed by atoms with van der Waals surface area (Å²) in [4.78, 5) is 24.3. The average Bonchev–Trinajstić information content (AvgIpc) is 3.52. The molecule has 1 fully saturated rings. The van der Waals surface area contributed by atoms with Gasteiger partial charge in [0, 0.05) is 23.1 Å². The number of benzene rings is 2. The monoisotopic (exact) mass is 366 g/mol. The van der Waals surface area contributed by atoms with Gasteiger partial charge in [-0.25, -0.2) is 4.79 Å². The SMILES string of the molecule is COc1ccc(-c2cc3ccc(OC(=O)C4CC4)cc3oc2=O)c(OC)c1. The van der Waals surface area contributed by atoms with E-state index in [-0.39, 0.29) is 11.9 Å². The Morgan fingerprint density at radius 2 is 1.74 bits per heavy atom. The molecular formula is C21H18O6. The molecule has 0 atom stereocenters. The molecule has 4 rings (SSSR count). The summed E-state index contributed by atoms with van der Waals surface area (Å²) in [7, 11) is 3.09. The standard InChI is InChI=1S/C21H18O6/c1-24-14-7-8-16(19(10-14)25-2)17-9-13-5-6-15(11-18(13)27-21(17)23)26-20(22)12-3-4-12/h5-12H,3-4H2,1-2H3. The van der Waals surface area contributed by atoms with Crippen LogP contribution in [0, 0.1) is 5.92 Å². The minimum atomic E-state index is -0.503. The molecule has 138 valence electrons. The van der Waals surface area contributed by atoms with Crippen LogP contribution in [0.2, 0.25) is 0 Å². The molecule has 0 unspecified atom stereocenters. The Kier molecular flexibility index (Phi) is 4.32. The highest BCUT2D eigenvalue weighted by molar-refractivity contribution is 5.85. The lowest BCUT2D eigenvalue weighted by Gasteiger charge is -2.10. The lowest BCUT2D eigenvalue weighted by atomic mass is 10.0. The van der Waals surface area contributed by atoms with E-state index < -0.39 is 5.63 Å². The van der Waals surface area contributed by atoms with Crippen molar-refractivity contribution >= 4 is 16.9 Å². The van der Waals surface area contributed by atoms with E-state index in [4.69, 9.17) is 18.6 Å². The minimum Gasteiger partial charge on any atom is -0.497 e. The van der Waals surface area contributed by atoms with Crippen molar-refractivity contribution in [1.82, 2.24) is 0 Å². The van der Waals surface area contributed by atoms with Crippen molar-refractivity contribution < 1.29 is 23.4 Å². The highest BCUT2D eigenvalue weighted by Crippen LogP contribution is 2.34. The number of carbonyl (C=O) groups excluding carboxylic acids is 1. The van der Waals surface area contributed by atoms with E-state index in [1.165, 1.54) is 7.11 Å². The van der Waals surface area contributed by atoms with Crippen LogP contribution >= 0.6 is 0 Å². The quantitative estimate of drug-likeness (QED) is 0.388. The summed E-state index contributed by atoms with van der Waals surface area (Å²) in [6.07, 6.45) is 1.74. The molecule has 1 aromatic heterocycles. The molecule has 3 aromatic rings. The molecule has 0 radical (unpaired) electrons. The van der Waals surface area contributed by atoms with Crippen LogP contribution in [0.1, 0.15) is 12.8 Å². The number of hydrogen-bond donors (Lipinski definition) is 0. The van der Waals surface area contributed by atoms with Crippen LogP contribution in [0.3, 0.4) is 0 Å². The van der Waals surface area contributed by atoms with Crippen LogP contribution in [0.25, 0.3) is 22.1 Å². The molecule has 0 amide bonds. The van der Waals surface area contributed by atoms with Crippen molar-refractivity contribution in [2.45, 2.75) is 12.8 Å². The van der Waals surface area contributed by atoms with Crippen LogP contribution in [0.15, 0.2) is 51.7 Å². The summed E-state index contributed by atoms with van der Waals surface area (Å²) in [6, 6.07) is 12.0. The Balaban J connectivity index is 1.74. The fourth-order valence-electron chi connectivity index (χ4n) is 2.88. The van der Waals surface area contributed by atoms with E-state index in [0.29, 0.717) is 39.3 Å². The van der Waals surface area contributed by atoms with Crippen molar-refractivity contribution in [2.24, 2.45) is 5.92 Å². The van der Waals surface area contributed by atoms with Gasteiger partial charge in [0.05, 0.1) is 25.7 Å². The second kappa shape index (κ2) is 6.79. The molecule has 0 N–H and O–H groups in total. The van der Waals surface area contributed by atoms with Crippen LogP contribution in [-0.2, 0) is 4.79 Å². The van der Waals surface area contributed by atoms with Crippen molar-refractivity contribution in [3.8, 4) is 28.4 Å². The van der Waals surface area contributed by atoms with Crippen molar-refractivity contribution in [1.29, 1.82) is 0 Å². The van der Waals surface area contributed by atoms with Gasteiger partial charge >= 0.3 is 11.6 Å². The second-order valence-electron chi connectivity index (χ2n) is 6.41. The van der Waals surface area contributed by atoms with Crippen molar-refractivity contribution in [3.63, 3.8) is 0 Å². The van der Waals surface area contributed by atoms with E-state index >= 15 is 0 Å². The number of ether oxygens (including phenoxy) is 3. The summed E-state index contributed by atoms with van der Waals surface area (Å²) >= 11 is 0. The third-order valence-electron chi connectivity index (χ3n) is 4.54. The van der Waals surface area contributed by atoms with Crippen molar-refractivity contribution in [2.75, 3.05) is 14.2 Å². The van der Waals surface area contributed by atoms with Crippen molar-refractivity contribution in [3.05, 3.63) is 52.9 Å². The maximum atomic E-state index is 12.5. The smallest absolute Gasteiger partial charge is 0.344 e. The third-order valence-corrected chi connectivity index (χ3v) is 4.54. The molecule has 0 spiro atoms. The Morgan fingerprint density at radius 1 is 0.963 bits per heavy atom. The first-order chi connectivity index (χ1) is 13.1. The molecule has 0 saturated heterocycles. The van der Waals surface area contributed by atoms with Crippen LogP contribution < -0.4 is 19.8 Å². The molecule has 1 heterocycles. The van der Waals surface area contributed by atoms with Gasteiger partial charge < -0.3 is 18.6 Å². The molecule has 0 aliphatic heterocycles. The molecule has 27 heavy (non-hydrogen) atoms. The zero-order chi connectivity index (χ0) is 19.0. The highest BCUT2D eigenvalue weighted by atomic mass is 16.5. The van der Waals surface area contributed by atoms with E-state index in [2.05, 4.69) is 0 Å². The molecule has 0 bridgehead atoms. The number of rotatable bonds is 5. The molecule has 2 aromatic carbocycles. The van der Waals surface area contributed by atoms with Gasteiger partial charge in [-0.05, 0) is 43.2 Å². The van der Waals surface area contributed by atoms with Gasteiger partial charge in [-0.15, -0.1) is 0 Å². The molecule has 1 aliphatic rings. The number of fused-ring (bicyclic) bond motifs is 1. The Hall–Kier alpha value is -3.28. The average molecular weight is 366 g/mol. The number of hydrogen-bond acceptors (Lipinski definition) is 6. The normalized spacial score (nSPS) is 13.4. The van der Waals surface area contributed by atoms with Gasteiger partial charge in [-0.1, -0.05) is 0 Å². The zero-order valence-electron chi connectivity index (χ0n) is 15.0. The Morgan fingerprint density at radius 3 is 2.44 bits per heavy atom. The lowest BCUT2D eigenvalue weighted by Crippen LogP contribution is -2.09. The first-order valence-corrected chi connectivity index (χ1v) is 8.61. The summed E-state index contributed by atoms with van der Waals surface area (Å²) in [5, 5.41) is 0.716. The molecule has 1 saturated carbocycles. The fraction of sp³-hybridized carbons (Fsp3) is 0.238. The van der Waals surface area contributed by atoms with Crippen LogP contribution in [0.4, 0.5) is 0 Å². The molecule has 6 heteroatoms. The van der Waals surface area contributed by atoms with Gasteiger partial charge in [0.2, 0.25) is 0 Å². The van der Waals surface area contributed by atoms with E-state index in [1.54, 1.807) is 49.6 Å². The summed E-state index contributed by atoms with van der Waals surface area (Å²) in [5.74, 6) is 1.27. The molecule has 1 aliphatic carbocycles. The largest absolute Gasteiger partial charge is 0.497 e. The maximum absolute atomic E-state index is 12.5. The van der Waals surface area contributed by atoms with E-state index in [1.807, 2.05) is 0 Å². The van der Waals surface area contributed by atoms with Gasteiger partial charge in [-0.3, -0.25) is 4.79 Å². The topological polar surface area (TPSA) is 75.0 Å². The number of carbonyl (C=O) groups is 1. The summed E-state index contributed by atoms with van der Waals surface area (Å²) < 4.78 is 21.4. The van der Waals surface area contributed by atoms with Gasteiger partial charge in [0.1, 0.15) is 22.8 Å². The molecule has 6 nitrogen and oxygen atoms in total. The summed E-state index contributed by atoms with van der Waals surface area (Å²) in [6.45, 7) is 0. The number of methoxy groups -OCH3 is 2. The Bertz CT molecular complexity index is 1080. The van der Waals surface area contributed by atoms with Gasteiger partial charge in [-0.2, -0.15) is 0 Å².